The molecule has 6 nitrogen and oxygen atoms in total. The number of hydrogen-bond donors (Lipinski definition) is 0. The molecule has 4 rings (SSSR count). The fraction of sp³-hybridized carbons (Fsp3) is 0.550. The molecule has 1 atom stereocenters. The van der Waals surface area contributed by atoms with Gasteiger partial charge in [0.1, 0.15) is 11.6 Å². The lowest BCUT2D eigenvalue weighted by Crippen LogP contribution is -2.40. The van der Waals surface area contributed by atoms with Gasteiger partial charge in [-0.1, -0.05) is 30.3 Å². The van der Waals surface area contributed by atoms with Crippen molar-refractivity contribution >= 4 is 5.91 Å². The van der Waals surface area contributed by atoms with E-state index in [1.807, 2.05) is 4.90 Å². The highest BCUT2D eigenvalue weighted by Crippen LogP contribution is 2.27. The first-order chi connectivity index (χ1) is 12.7. The monoisotopic (exact) mass is 353 g/mol. The number of carbonyl (C=O) groups excluding carboxylic acids is 1. The fourth-order valence-corrected chi connectivity index (χ4v) is 4.13. The van der Waals surface area contributed by atoms with E-state index in [9.17, 15) is 4.79 Å². The van der Waals surface area contributed by atoms with Gasteiger partial charge in [-0.2, -0.15) is 0 Å². The molecule has 1 saturated heterocycles. The number of amides is 1. The van der Waals surface area contributed by atoms with Gasteiger partial charge in [-0.15, -0.1) is 10.2 Å². The number of hydrogen-bond acceptors (Lipinski definition) is 4. The van der Waals surface area contributed by atoms with Gasteiger partial charge >= 0.3 is 0 Å². The molecule has 1 fully saturated rings. The van der Waals surface area contributed by atoms with Gasteiger partial charge < -0.3 is 9.47 Å². The molecule has 3 heterocycles. The van der Waals surface area contributed by atoms with Crippen molar-refractivity contribution in [3.8, 4) is 0 Å². The Labute approximate surface area is 154 Å². The van der Waals surface area contributed by atoms with Crippen LogP contribution in [0.1, 0.15) is 42.9 Å². The predicted molar refractivity (Wildman–Crippen MR) is 99.7 cm³/mol. The molecule has 6 heteroatoms. The predicted octanol–water partition coefficient (Wildman–Crippen LogP) is 2.06. The largest absolute Gasteiger partial charge is 0.342 e. The molecule has 2 aromatic rings. The van der Waals surface area contributed by atoms with Crippen LogP contribution in [0.25, 0.3) is 0 Å². The Morgan fingerprint density at radius 2 is 2.00 bits per heavy atom. The van der Waals surface area contributed by atoms with Crippen LogP contribution in [0.15, 0.2) is 30.3 Å². The summed E-state index contributed by atoms with van der Waals surface area (Å²) in [7, 11) is 0. The first-order valence-electron chi connectivity index (χ1n) is 9.64. The van der Waals surface area contributed by atoms with Gasteiger partial charge in [0, 0.05) is 45.6 Å². The molecule has 0 spiro atoms. The van der Waals surface area contributed by atoms with Gasteiger partial charge in [-0.05, 0) is 24.8 Å². The molecule has 2 aliphatic rings. The zero-order valence-corrected chi connectivity index (χ0v) is 15.5. The Morgan fingerprint density at radius 3 is 2.81 bits per heavy atom. The lowest BCUT2D eigenvalue weighted by molar-refractivity contribution is -0.130. The molecule has 0 saturated carbocycles. The number of rotatable bonds is 4. The maximum Gasteiger partial charge on any atom is 0.219 e. The maximum absolute atomic E-state index is 11.7. The number of carbonyl (C=O) groups is 1. The molecule has 0 unspecified atom stereocenters. The van der Waals surface area contributed by atoms with Crippen LogP contribution in [0.3, 0.4) is 0 Å². The van der Waals surface area contributed by atoms with Crippen LogP contribution in [0.2, 0.25) is 0 Å². The molecular weight excluding hydrogens is 326 g/mol. The van der Waals surface area contributed by atoms with Crippen molar-refractivity contribution in [3.05, 3.63) is 47.5 Å². The summed E-state index contributed by atoms with van der Waals surface area (Å²) in [4.78, 5) is 16.1. The minimum Gasteiger partial charge on any atom is -0.342 e. The maximum atomic E-state index is 11.7. The number of aromatic nitrogens is 3. The summed E-state index contributed by atoms with van der Waals surface area (Å²) in [6, 6.07) is 10.6. The fourth-order valence-electron chi connectivity index (χ4n) is 4.13. The first kappa shape index (κ1) is 17.2. The summed E-state index contributed by atoms with van der Waals surface area (Å²) >= 11 is 0. The molecule has 138 valence electrons. The summed E-state index contributed by atoms with van der Waals surface area (Å²) in [6.45, 7) is 7.21. The normalized spacial score (nSPS) is 20.8. The van der Waals surface area contributed by atoms with E-state index in [-0.39, 0.29) is 5.91 Å². The van der Waals surface area contributed by atoms with Crippen molar-refractivity contribution in [2.45, 2.75) is 45.2 Å². The summed E-state index contributed by atoms with van der Waals surface area (Å²) in [6.07, 6.45) is 3.22. The molecule has 1 amide bonds. The number of fused-ring (bicyclic) bond motifs is 1. The van der Waals surface area contributed by atoms with Gasteiger partial charge in [0.15, 0.2) is 0 Å². The molecule has 26 heavy (non-hydrogen) atoms. The van der Waals surface area contributed by atoms with E-state index in [0.717, 1.165) is 70.2 Å². The molecule has 1 aromatic heterocycles. The van der Waals surface area contributed by atoms with Crippen LogP contribution in [0, 0.1) is 0 Å². The third-order valence-electron chi connectivity index (χ3n) is 5.65. The van der Waals surface area contributed by atoms with Crippen molar-refractivity contribution < 1.29 is 4.79 Å². The molecule has 0 aliphatic carbocycles. The Balaban J connectivity index is 1.39. The number of benzene rings is 1. The minimum atomic E-state index is 0.167. The second-order valence-electron chi connectivity index (χ2n) is 7.44. The van der Waals surface area contributed by atoms with E-state index in [1.165, 1.54) is 5.56 Å². The number of nitrogens with zero attached hydrogens (tertiary/aromatic N) is 5. The molecule has 0 radical (unpaired) electrons. The van der Waals surface area contributed by atoms with Crippen molar-refractivity contribution in [2.75, 3.05) is 26.2 Å². The highest BCUT2D eigenvalue weighted by molar-refractivity contribution is 5.73. The standard InChI is InChI=1S/C20H27N5O/c1-16(26)24-10-5-8-18(14-24)20-22-21-19-15-23(12-13-25(19)20)11-9-17-6-3-2-4-7-17/h2-4,6-7,18H,5,8-15H2,1H3/t18-/m0/s1. The smallest absolute Gasteiger partial charge is 0.219 e. The van der Waals surface area contributed by atoms with Crippen LogP contribution in [-0.2, 0) is 24.3 Å². The molecule has 2 aliphatic heterocycles. The van der Waals surface area contributed by atoms with E-state index >= 15 is 0 Å². The van der Waals surface area contributed by atoms with Crippen molar-refractivity contribution in [1.29, 1.82) is 0 Å². The quantitative estimate of drug-likeness (QED) is 0.844. The summed E-state index contributed by atoms with van der Waals surface area (Å²) in [5, 5.41) is 8.99. The van der Waals surface area contributed by atoms with E-state index in [4.69, 9.17) is 0 Å². The zero-order chi connectivity index (χ0) is 17.9. The molecular formula is C20H27N5O. The summed E-state index contributed by atoms with van der Waals surface area (Å²) < 4.78 is 2.30. The zero-order valence-electron chi connectivity index (χ0n) is 15.5. The molecule has 0 bridgehead atoms. The molecule has 0 N–H and O–H groups in total. The third kappa shape index (κ3) is 3.65. The van der Waals surface area contributed by atoms with Crippen LogP contribution in [0.5, 0.6) is 0 Å². The Bertz CT molecular complexity index is 757. The van der Waals surface area contributed by atoms with Crippen LogP contribution in [0.4, 0.5) is 0 Å². The van der Waals surface area contributed by atoms with Gasteiger partial charge in [-0.25, -0.2) is 0 Å². The van der Waals surface area contributed by atoms with E-state index in [0.29, 0.717) is 5.92 Å². The van der Waals surface area contributed by atoms with Crippen LogP contribution in [-0.4, -0.2) is 56.7 Å². The Morgan fingerprint density at radius 1 is 1.15 bits per heavy atom. The van der Waals surface area contributed by atoms with Crippen molar-refractivity contribution in [3.63, 3.8) is 0 Å². The minimum absolute atomic E-state index is 0.167. The van der Waals surface area contributed by atoms with Crippen LogP contribution >= 0.6 is 0 Å². The van der Waals surface area contributed by atoms with E-state index < -0.39 is 0 Å². The second kappa shape index (κ2) is 7.58. The average Bonchev–Trinajstić information content (AvgIpc) is 3.10. The van der Waals surface area contributed by atoms with E-state index in [2.05, 4.69) is 50.0 Å². The van der Waals surface area contributed by atoms with Gasteiger partial charge in [0.05, 0.1) is 6.54 Å². The van der Waals surface area contributed by atoms with Gasteiger partial charge in [0.2, 0.25) is 5.91 Å². The summed E-state index contributed by atoms with van der Waals surface area (Å²) in [5.74, 6) is 2.64. The summed E-state index contributed by atoms with van der Waals surface area (Å²) in [5.41, 5.74) is 1.38. The Hall–Kier alpha value is -2.21. The van der Waals surface area contributed by atoms with Crippen molar-refractivity contribution in [2.24, 2.45) is 0 Å². The van der Waals surface area contributed by atoms with Gasteiger partial charge in [0.25, 0.3) is 0 Å². The SMILES string of the molecule is CC(=O)N1CCC[C@H](c2nnc3n2CCN(CCc2ccccc2)C3)C1. The van der Waals surface area contributed by atoms with Gasteiger partial charge in [-0.3, -0.25) is 9.69 Å². The average molecular weight is 353 g/mol. The topological polar surface area (TPSA) is 54.3 Å². The lowest BCUT2D eigenvalue weighted by atomic mass is 9.97. The number of likely N-dealkylation sites (tertiary alicyclic amines) is 1. The highest BCUT2D eigenvalue weighted by Gasteiger charge is 2.29. The first-order valence-corrected chi connectivity index (χ1v) is 9.64. The number of piperidine rings is 1. The van der Waals surface area contributed by atoms with Crippen LogP contribution < -0.4 is 0 Å². The Kier molecular flexibility index (Phi) is 5.02. The van der Waals surface area contributed by atoms with E-state index in [1.54, 1.807) is 6.92 Å². The van der Waals surface area contributed by atoms with Crippen molar-refractivity contribution in [1.82, 2.24) is 24.6 Å². The third-order valence-corrected chi connectivity index (χ3v) is 5.65. The molecule has 1 aromatic carbocycles. The highest BCUT2D eigenvalue weighted by atomic mass is 16.2. The lowest BCUT2D eigenvalue weighted by Gasteiger charge is -2.33. The second-order valence-corrected chi connectivity index (χ2v) is 7.44.